The normalized spacial score (nSPS) is 11.7. The maximum absolute atomic E-state index is 13.6. The Morgan fingerprint density at radius 1 is 1.47 bits per heavy atom. The number of urea groups is 1. The van der Waals surface area contributed by atoms with E-state index in [4.69, 9.17) is 10.5 Å². The molecule has 1 aromatic carbocycles. The molecule has 19 heavy (non-hydrogen) atoms. The zero-order valence-electron chi connectivity index (χ0n) is 10.7. The standard InChI is InChI=1S/C12H16FN3O3/c1-7(6-19-2)15-12(18)16-10-4-3-8(11(14)17)5-9(10)13/h3-5,7H,6H2,1-2H3,(H2,14,17)(H2,15,16,18). The van der Waals surface area contributed by atoms with Crippen molar-refractivity contribution in [1.29, 1.82) is 0 Å². The van der Waals surface area contributed by atoms with Gasteiger partial charge in [-0.25, -0.2) is 9.18 Å². The second kappa shape index (κ2) is 6.69. The van der Waals surface area contributed by atoms with Crippen LogP contribution < -0.4 is 16.4 Å². The van der Waals surface area contributed by atoms with Crippen LogP contribution in [0.2, 0.25) is 0 Å². The van der Waals surface area contributed by atoms with Gasteiger partial charge in [0, 0.05) is 12.7 Å². The van der Waals surface area contributed by atoms with Gasteiger partial charge in [-0.1, -0.05) is 0 Å². The van der Waals surface area contributed by atoms with Crippen LogP contribution in [0.25, 0.3) is 0 Å². The summed E-state index contributed by atoms with van der Waals surface area (Å²) in [5, 5.41) is 4.89. The monoisotopic (exact) mass is 269 g/mol. The molecule has 4 N–H and O–H groups in total. The van der Waals surface area contributed by atoms with Crippen molar-refractivity contribution >= 4 is 17.6 Å². The highest BCUT2D eigenvalue weighted by Gasteiger charge is 2.11. The minimum absolute atomic E-state index is 0.0351. The lowest BCUT2D eigenvalue weighted by Gasteiger charge is -2.14. The Balaban J connectivity index is 2.67. The Kier molecular flexibility index (Phi) is 5.25. The van der Waals surface area contributed by atoms with Crippen molar-refractivity contribution in [2.24, 2.45) is 5.73 Å². The molecule has 0 bridgehead atoms. The highest BCUT2D eigenvalue weighted by molar-refractivity contribution is 5.94. The first-order valence-corrected chi connectivity index (χ1v) is 5.60. The van der Waals surface area contributed by atoms with E-state index in [2.05, 4.69) is 10.6 Å². The summed E-state index contributed by atoms with van der Waals surface area (Å²) in [6.45, 7) is 2.09. The molecule has 7 heteroatoms. The first-order valence-electron chi connectivity index (χ1n) is 5.60. The van der Waals surface area contributed by atoms with Crippen LogP contribution in [0.1, 0.15) is 17.3 Å². The van der Waals surface area contributed by atoms with Gasteiger partial charge in [0.25, 0.3) is 0 Å². The number of rotatable bonds is 5. The Hall–Kier alpha value is -2.15. The summed E-state index contributed by atoms with van der Waals surface area (Å²) < 4.78 is 18.4. The SMILES string of the molecule is COCC(C)NC(=O)Nc1ccc(C(N)=O)cc1F. The van der Waals surface area contributed by atoms with E-state index >= 15 is 0 Å². The highest BCUT2D eigenvalue weighted by Crippen LogP contribution is 2.15. The quantitative estimate of drug-likeness (QED) is 0.746. The summed E-state index contributed by atoms with van der Waals surface area (Å²) in [4.78, 5) is 22.4. The molecule has 0 aliphatic rings. The molecule has 1 rings (SSSR count). The molecule has 1 atom stereocenters. The Labute approximate surface area is 110 Å². The largest absolute Gasteiger partial charge is 0.383 e. The third-order valence-corrected chi connectivity index (χ3v) is 2.30. The number of ether oxygens (including phenoxy) is 1. The predicted molar refractivity (Wildman–Crippen MR) is 68.4 cm³/mol. The summed E-state index contributed by atoms with van der Waals surface area (Å²) in [6, 6.07) is 2.81. The van der Waals surface area contributed by atoms with E-state index in [0.717, 1.165) is 6.07 Å². The molecule has 1 unspecified atom stereocenters. The van der Waals surface area contributed by atoms with E-state index in [1.54, 1.807) is 6.92 Å². The van der Waals surface area contributed by atoms with Gasteiger partial charge < -0.3 is 21.1 Å². The molecule has 0 aliphatic heterocycles. The van der Waals surface area contributed by atoms with Crippen LogP contribution in [-0.2, 0) is 4.74 Å². The van der Waals surface area contributed by atoms with E-state index < -0.39 is 17.8 Å². The zero-order chi connectivity index (χ0) is 14.4. The van der Waals surface area contributed by atoms with Crippen LogP contribution in [-0.4, -0.2) is 31.7 Å². The van der Waals surface area contributed by atoms with Crippen molar-refractivity contribution in [1.82, 2.24) is 5.32 Å². The number of amides is 3. The maximum atomic E-state index is 13.6. The van der Waals surface area contributed by atoms with Crippen LogP contribution in [0.4, 0.5) is 14.9 Å². The van der Waals surface area contributed by atoms with E-state index in [1.165, 1.54) is 19.2 Å². The lowest BCUT2D eigenvalue weighted by atomic mass is 10.2. The topological polar surface area (TPSA) is 93.4 Å². The van der Waals surface area contributed by atoms with Crippen molar-refractivity contribution in [2.75, 3.05) is 19.0 Å². The maximum Gasteiger partial charge on any atom is 0.319 e. The fourth-order valence-corrected chi connectivity index (χ4v) is 1.44. The predicted octanol–water partition coefficient (Wildman–Crippen LogP) is 1.08. The number of methoxy groups -OCH3 is 1. The van der Waals surface area contributed by atoms with Crippen molar-refractivity contribution < 1.29 is 18.7 Å². The molecule has 104 valence electrons. The average Bonchev–Trinajstić information content (AvgIpc) is 2.31. The molecular weight excluding hydrogens is 253 g/mol. The first-order chi connectivity index (χ1) is 8.93. The second-order valence-electron chi connectivity index (χ2n) is 4.01. The molecule has 0 aliphatic carbocycles. The van der Waals surface area contributed by atoms with Crippen LogP contribution in [0, 0.1) is 5.82 Å². The fourth-order valence-electron chi connectivity index (χ4n) is 1.44. The molecule has 0 fully saturated rings. The number of benzene rings is 1. The van der Waals surface area contributed by atoms with Crippen molar-refractivity contribution in [3.8, 4) is 0 Å². The molecule has 0 spiro atoms. The van der Waals surface area contributed by atoms with Gasteiger partial charge in [-0.3, -0.25) is 4.79 Å². The van der Waals surface area contributed by atoms with Gasteiger partial charge in [-0.05, 0) is 25.1 Å². The lowest BCUT2D eigenvalue weighted by molar-refractivity contribution is 0.1000. The van der Waals surface area contributed by atoms with Crippen LogP contribution in [0.3, 0.4) is 0 Å². The van der Waals surface area contributed by atoms with Crippen molar-refractivity contribution in [3.05, 3.63) is 29.6 Å². The molecule has 0 saturated heterocycles. The van der Waals surface area contributed by atoms with Crippen LogP contribution >= 0.6 is 0 Å². The van der Waals surface area contributed by atoms with E-state index in [9.17, 15) is 14.0 Å². The highest BCUT2D eigenvalue weighted by atomic mass is 19.1. The molecular formula is C12H16FN3O3. The first kappa shape index (κ1) is 14.9. The fraction of sp³-hybridized carbons (Fsp3) is 0.333. The minimum Gasteiger partial charge on any atom is -0.383 e. The van der Waals surface area contributed by atoms with Gasteiger partial charge in [-0.15, -0.1) is 0 Å². The number of hydrogen-bond acceptors (Lipinski definition) is 3. The Bertz CT molecular complexity index is 479. The third-order valence-electron chi connectivity index (χ3n) is 2.30. The Morgan fingerprint density at radius 3 is 2.68 bits per heavy atom. The molecule has 0 aromatic heterocycles. The number of nitrogens with two attached hydrogens (primary N) is 1. The smallest absolute Gasteiger partial charge is 0.319 e. The van der Waals surface area contributed by atoms with E-state index in [1.807, 2.05) is 0 Å². The number of hydrogen-bond donors (Lipinski definition) is 3. The number of anilines is 1. The minimum atomic E-state index is -0.733. The van der Waals surface area contributed by atoms with Crippen molar-refractivity contribution in [2.45, 2.75) is 13.0 Å². The van der Waals surface area contributed by atoms with Crippen LogP contribution in [0.5, 0.6) is 0 Å². The van der Waals surface area contributed by atoms with E-state index in [-0.39, 0.29) is 17.3 Å². The Morgan fingerprint density at radius 2 is 2.16 bits per heavy atom. The van der Waals surface area contributed by atoms with Gasteiger partial charge in [0.1, 0.15) is 5.82 Å². The molecule has 0 radical (unpaired) electrons. The van der Waals surface area contributed by atoms with Gasteiger partial charge >= 0.3 is 6.03 Å². The van der Waals surface area contributed by atoms with Gasteiger partial charge in [0.15, 0.2) is 0 Å². The number of carbonyl (C=O) groups is 2. The number of halogens is 1. The molecule has 0 saturated carbocycles. The average molecular weight is 269 g/mol. The zero-order valence-corrected chi connectivity index (χ0v) is 10.7. The number of carbonyl (C=O) groups excluding carboxylic acids is 2. The summed E-state index contributed by atoms with van der Waals surface area (Å²) in [6.07, 6.45) is 0. The second-order valence-corrected chi connectivity index (χ2v) is 4.01. The van der Waals surface area contributed by atoms with Crippen LogP contribution in [0.15, 0.2) is 18.2 Å². The molecule has 3 amide bonds. The molecule has 0 heterocycles. The van der Waals surface area contributed by atoms with E-state index in [0.29, 0.717) is 6.61 Å². The van der Waals surface area contributed by atoms with Gasteiger partial charge in [-0.2, -0.15) is 0 Å². The third kappa shape index (κ3) is 4.55. The van der Waals surface area contributed by atoms with Gasteiger partial charge in [0.2, 0.25) is 5.91 Å². The van der Waals surface area contributed by atoms with Gasteiger partial charge in [0.05, 0.1) is 18.3 Å². The summed E-state index contributed by atoms with van der Waals surface area (Å²) in [5.74, 6) is -1.46. The summed E-state index contributed by atoms with van der Waals surface area (Å²) in [7, 11) is 1.51. The lowest BCUT2D eigenvalue weighted by Crippen LogP contribution is -2.38. The number of nitrogens with one attached hydrogen (secondary N) is 2. The number of primary amides is 1. The molecule has 6 nitrogen and oxygen atoms in total. The summed E-state index contributed by atoms with van der Waals surface area (Å²) in [5.41, 5.74) is 5.02. The summed E-state index contributed by atoms with van der Waals surface area (Å²) >= 11 is 0. The van der Waals surface area contributed by atoms with Crippen molar-refractivity contribution in [3.63, 3.8) is 0 Å². The molecule has 1 aromatic rings.